The molecule has 0 spiro atoms. The van der Waals surface area contributed by atoms with Crippen LogP contribution in [0.2, 0.25) is 0 Å². The van der Waals surface area contributed by atoms with Crippen molar-refractivity contribution in [3.05, 3.63) is 16.1 Å². The molecule has 2 heterocycles. The maximum Gasteiger partial charge on any atom is 0.0940 e. The maximum absolute atomic E-state index is 4.46. The zero-order valence-electron chi connectivity index (χ0n) is 8.12. The average molecular weight is 196 g/mol. The highest BCUT2D eigenvalue weighted by Gasteiger charge is 2.11. The molecule has 0 amide bonds. The third-order valence-electron chi connectivity index (χ3n) is 2.51. The molecule has 2 rings (SSSR count). The van der Waals surface area contributed by atoms with E-state index >= 15 is 0 Å². The summed E-state index contributed by atoms with van der Waals surface area (Å²) in [7, 11) is 0. The topological polar surface area (TPSA) is 16.1 Å². The molecule has 0 aliphatic carbocycles. The Morgan fingerprint density at radius 2 is 2.23 bits per heavy atom. The van der Waals surface area contributed by atoms with Gasteiger partial charge in [0.1, 0.15) is 0 Å². The minimum atomic E-state index is 1.14. The van der Waals surface area contributed by atoms with Crippen LogP contribution in [-0.4, -0.2) is 29.5 Å². The van der Waals surface area contributed by atoms with Crippen molar-refractivity contribution in [1.82, 2.24) is 9.88 Å². The Bertz CT molecular complexity index is 264. The van der Waals surface area contributed by atoms with Crippen LogP contribution in [0.15, 0.2) is 5.38 Å². The number of rotatable bonds is 3. The van der Waals surface area contributed by atoms with Gasteiger partial charge < -0.3 is 4.90 Å². The fourth-order valence-electron chi connectivity index (χ4n) is 1.78. The molecule has 0 radical (unpaired) electrons. The molecule has 3 heteroatoms. The van der Waals surface area contributed by atoms with Crippen molar-refractivity contribution in [2.24, 2.45) is 0 Å². The minimum absolute atomic E-state index is 1.14. The van der Waals surface area contributed by atoms with E-state index in [0.717, 1.165) is 6.42 Å². The molecule has 0 atom stereocenters. The Morgan fingerprint density at radius 1 is 1.46 bits per heavy atom. The molecular weight excluding hydrogens is 180 g/mol. The molecule has 0 N–H and O–H groups in total. The van der Waals surface area contributed by atoms with E-state index in [-0.39, 0.29) is 0 Å². The van der Waals surface area contributed by atoms with E-state index in [9.17, 15) is 0 Å². The summed E-state index contributed by atoms with van der Waals surface area (Å²) in [6.45, 7) is 5.86. The highest BCUT2D eigenvalue weighted by Crippen LogP contribution is 2.12. The number of nitrogens with zero attached hydrogens (tertiary/aromatic N) is 2. The molecule has 1 aromatic rings. The van der Waals surface area contributed by atoms with Gasteiger partial charge in [-0.3, -0.25) is 0 Å². The Hall–Kier alpha value is -0.410. The minimum Gasteiger partial charge on any atom is -0.303 e. The van der Waals surface area contributed by atoms with Crippen LogP contribution in [0.1, 0.15) is 23.5 Å². The second-order valence-electron chi connectivity index (χ2n) is 3.68. The van der Waals surface area contributed by atoms with E-state index in [0.29, 0.717) is 0 Å². The van der Waals surface area contributed by atoms with Gasteiger partial charge >= 0.3 is 0 Å². The van der Waals surface area contributed by atoms with Crippen LogP contribution in [0.3, 0.4) is 0 Å². The number of hydrogen-bond donors (Lipinski definition) is 0. The molecule has 1 fully saturated rings. The Kier molecular flexibility index (Phi) is 2.96. The lowest BCUT2D eigenvalue weighted by atomic mass is 10.4. The van der Waals surface area contributed by atoms with Crippen LogP contribution in [0, 0.1) is 6.92 Å². The summed E-state index contributed by atoms with van der Waals surface area (Å²) in [5.41, 5.74) is 1.17. The first kappa shape index (κ1) is 9.16. The van der Waals surface area contributed by atoms with Crippen LogP contribution in [0.25, 0.3) is 0 Å². The molecule has 0 bridgehead atoms. The van der Waals surface area contributed by atoms with Crippen molar-refractivity contribution in [1.29, 1.82) is 0 Å². The third kappa shape index (κ3) is 2.51. The van der Waals surface area contributed by atoms with Gasteiger partial charge in [-0.2, -0.15) is 0 Å². The van der Waals surface area contributed by atoms with Crippen molar-refractivity contribution in [3.63, 3.8) is 0 Å². The van der Waals surface area contributed by atoms with E-state index in [1.807, 2.05) is 0 Å². The number of thiazole rings is 1. The molecule has 1 aliphatic rings. The maximum atomic E-state index is 4.46. The number of aryl methyl sites for hydroxylation is 1. The largest absolute Gasteiger partial charge is 0.303 e. The van der Waals surface area contributed by atoms with E-state index in [1.165, 1.54) is 43.2 Å². The van der Waals surface area contributed by atoms with E-state index in [2.05, 4.69) is 22.2 Å². The normalized spacial score (nSPS) is 18.2. The second-order valence-corrected chi connectivity index (χ2v) is 4.62. The predicted octanol–water partition coefficient (Wildman–Crippen LogP) is 2.09. The first-order valence-corrected chi connectivity index (χ1v) is 5.86. The number of likely N-dealkylation sites (tertiary alicyclic amines) is 1. The average Bonchev–Trinajstić information content (AvgIpc) is 2.71. The lowest BCUT2D eigenvalue weighted by Crippen LogP contribution is -2.21. The van der Waals surface area contributed by atoms with Gasteiger partial charge in [-0.25, -0.2) is 4.98 Å². The summed E-state index contributed by atoms with van der Waals surface area (Å²) in [5, 5.41) is 3.43. The van der Waals surface area contributed by atoms with Gasteiger partial charge in [0.25, 0.3) is 0 Å². The lowest BCUT2D eigenvalue weighted by Gasteiger charge is -2.12. The van der Waals surface area contributed by atoms with E-state index < -0.39 is 0 Å². The molecular formula is C10H16N2S. The van der Waals surface area contributed by atoms with Crippen LogP contribution in [-0.2, 0) is 6.42 Å². The van der Waals surface area contributed by atoms with Crippen LogP contribution < -0.4 is 0 Å². The SMILES string of the molecule is Cc1csc(CCN2CCCC2)n1. The molecule has 72 valence electrons. The summed E-state index contributed by atoms with van der Waals surface area (Å²) in [5.74, 6) is 0. The number of aromatic nitrogens is 1. The molecule has 13 heavy (non-hydrogen) atoms. The third-order valence-corrected chi connectivity index (χ3v) is 3.53. The van der Waals surface area contributed by atoms with Gasteiger partial charge in [0.05, 0.1) is 5.01 Å². The van der Waals surface area contributed by atoms with E-state index in [1.54, 1.807) is 11.3 Å². The summed E-state index contributed by atoms with van der Waals surface area (Å²) >= 11 is 1.80. The fraction of sp³-hybridized carbons (Fsp3) is 0.700. The first-order chi connectivity index (χ1) is 6.34. The monoisotopic (exact) mass is 196 g/mol. The summed E-state index contributed by atoms with van der Waals surface area (Å²) in [6.07, 6.45) is 3.91. The highest BCUT2D eigenvalue weighted by atomic mass is 32.1. The second kappa shape index (κ2) is 4.20. The standard InChI is InChI=1S/C10H16N2S/c1-9-8-13-10(11-9)4-7-12-5-2-3-6-12/h8H,2-7H2,1H3. The van der Waals surface area contributed by atoms with Crippen LogP contribution in [0.5, 0.6) is 0 Å². The van der Waals surface area contributed by atoms with Gasteiger partial charge in [-0.05, 0) is 32.9 Å². The van der Waals surface area contributed by atoms with E-state index in [4.69, 9.17) is 0 Å². The van der Waals surface area contributed by atoms with Crippen molar-refractivity contribution >= 4 is 11.3 Å². The predicted molar refractivity (Wildman–Crippen MR) is 56.2 cm³/mol. The van der Waals surface area contributed by atoms with Gasteiger partial charge in [0, 0.05) is 24.0 Å². The fourth-order valence-corrected chi connectivity index (χ4v) is 2.54. The summed E-state index contributed by atoms with van der Waals surface area (Å²) in [4.78, 5) is 7.00. The van der Waals surface area contributed by atoms with Gasteiger partial charge in [-0.1, -0.05) is 0 Å². The molecule has 0 aromatic carbocycles. The van der Waals surface area contributed by atoms with Gasteiger partial charge in [0.2, 0.25) is 0 Å². The van der Waals surface area contributed by atoms with Crippen molar-refractivity contribution in [2.75, 3.05) is 19.6 Å². The first-order valence-electron chi connectivity index (χ1n) is 4.98. The van der Waals surface area contributed by atoms with Crippen LogP contribution in [0.4, 0.5) is 0 Å². The van der Waals surface area contributed by atoms with Crippen molar-refractivity contribution in [3.8, 4) is 0 Å². The molecule has 1 aliphatic heterocycles. The smallest absolute Gasteiger partial charge is 0.0940 e. The van der Waals surface area contributed by atoms with Crippen LogP contribution >= 0.6 is 11.3 Å². The molecule has 2 nitrogen and oxygen atoms in total. The molecule has 1 saturated heterocycles. The molecule has 0 unspecified atom stereocenters. The quantitative estimate of drug-likeness (QED) is 0.736. The highest BCUT2D eigenvalue weighted by molar-refractivity contribution is 7.09. The molecule has 0 saturated carbocycles. The summed E-state index contributed by atoms with van der Waals surface area (Å²) < 4.78 is 0. The van der Waals surface area contributed by atoms with Crippen molar-refractivity contribution < 1.29 is 0 Å². The van der Waals surface area contributed by atoms with Gasteiger partial charge in [-0.15, -0.1) is 11.3 Å². The van der Waals surface area contributed by atoms with Gasteiger partial charge in [0.15, 0.2) is 0 Å². The number of hydrogen-bond acceptors (Lipinski definition) is 3. The zero-order valence-corrected chi connectivity index (χ0v) is 8.94. The Morgan fingerprint density at radius 3 is 2.85 bits per heavy atom. The Labute approximate surface area is 83.6 Å². The van der Waals surface area contributed by atoms with Crippen molar-refractivity contribution in [2.45, 2.75) is 26.2 Å². The Balaban J connectivity index is 1.78. The molecule has 1 aromatic heterocycles. The zero-order chi connectivity index (χ0) is 9.10. The lowest BCUT2D eigenvalue weighted by molar-refractivity contribution is 0.343. The summed E-state index contributed by atoms with van der Waals surface area (Å²) in [6, 6.07) is 0.